The maximum atomic E-state index is 4.39. The fraction of sp³-hybridized carbons (Fsp3) is 0.727. The van der Waals surface area contributed by atoms with Crippen LogP contribution in [0, 0.1) is 6.92 Å². The summed E-state index contributed by atoms with van der Waals surface area (Å²) in [5.41, 5.74) is 3.86. The van der Waals surface area contributed by atoms with Gasteiger partial charge in [0.05, 0.1) is 11.4 Å². The molecule has 1 fully saturated rings. The van der Waals surface area contributed by atoms with E-state index in [0.717, 1.165) is 6.54 Å². The lowest BCUT2D eigenvalue weighted by Gasteiger charge is -2.09. The fourth-order valence-corrected chi connectivity index (χ4v) is 2.26. The van der Waals surface area contributed by atoms with Crippen LogP contribution in [0.25, 0.3) is 0 Å². The maximum Gasteiger partial charge on any atom is 0.0680 e. The van der Waals surface area contributed by atoms with Gasteiger partial charge >= 0.3 is 0 Å². The van der Waals surface area contributed by atoms with Crippen LogP contribution in [0.15, 0.2) is 0 Å². The monoisotopic (exact) mass is 193 g/mol. The van der Waals surface area contributed by atoms with Gasteiger partial charge in [0, 0.05) is 6.04 Å². The number of hydrogen-bond donors (Lipinski definition) is 2. The Labute approximate surface area is 85.3 Å². The summed E-state index contributed by atoms with van der Waals surface area (Å²) in [7, 11) is 0. The normalized spacial score (nSPS) is 22.1. The van der Waals surface area contributed by atoms with Gasteiger partial charge in [0.2, 0.25) is 0 Å². The number of H-pyrrole nitrogens is 1. The van der Waals surface area contributed by atoms with E-state index in [9.17, 15) is 0 Å². The van der Waals surface area contributed by atoms with Gasteiger partial charge in [-0.2, -0.15) is 5.10 Å². The molecule has 0 bridgehead atoms. The van der Waals surface area contributed by atoms with Gasteiger partial charge in [-0.1, -0.05) is 13.8 Å². The number of hydrogen-bond acceptors (Lipinski definition) is 2. The molecule has 0 aliphatic carbocycles. The molecule has 2 N–H and O–H groups in total. The average Bonchev–Trinajstić information content (AvgIpc) is 2.71. The van der Waals surface area contributed by atoms with Gasteiger partial charge in [0.15, 0.2) is 0 Å². The van der Waals surface area contributed by atoms with Crippen LogP contribution in [0.4, 0.5) is 0 Å². The van der Waals surface area contributed by atoms with Crippen molar-refractivity contribution in [2.24, 2.45) is 0 Å². The molecule has 1 aromatic heterocycles. The largest absolute Gasteiger partial charge is 0.309 e. The summed E-state index contributed by atoms with van der Waals surface area (Å²) in [5.74, 6) is 0.515. The maximum absolute atomic E-state index is 4.39. The lowest BCUT2D eigenvalue weighted by molar-refractivity contribution is 0.622. The molecule has 3 nitrogen and oxygen atoms in total. The highest BCUT2D eigenvalue weighted by Crippen LogP contribution is 2.27. The van der Waals surface area contributed by atoms with Crippen molar-refractivity contribution in [3.05, 3.63) is 17.0 Å². The highest BCUT2D eigenvalue weighted by Gasteiger charge is 2.22. The molecular formula is C11H19N3. The molecule has 1 aromatic rings. The molecule has 1 unspecified atom stereocenters. The summed E-state index contributed by atoms with van der Waals surface area (Å²) in [6, 6.07) is 0.509. The van der Waals surface area contributed by atoms with Crippen molar-refractivity contribution in [1.82, 2.24) is 15.5 Å². The predicted octanol–water partition coefficient (Wildman–Crippen LogP) is 2.27. The first-order valence-electron chi connectivity index (χ1n) is 5.48. The molecule has 1 aliphatic heterocycles. The second kappa shape index (κ2) is 3.73. The smallest absolute Gasteiger partial charge is 0.0680 e. The lowest BCUT2D eigenvalue weighted by atomic mass is 10.0. The fourth-order valence-electron chi connectivity index (χ4n) is 2.26. The molecule has 14 heavy (non-hydrogen) atoms. The number of nitrogens with one attached hydrogen (secondary N) is 2. The van der Waals surface area contributed by atoms with E-state index in [0.29, 0.717) is 12.0 Å². The van der Waals surface area contributed by atoms with E-state index in [-0.39, 0.29) is 0 Å². The van der Waals surface area contributed by atoms with Crippen LogP contribution in [-0.4, -0.2) is 16.7 Å². The number of aromatic nitrogens is 2. The van der Waals surface area contributed by atoms with E-state index in [1.165, 1.54) is 29.8 Å². The molecule has 0 saturated carbocycles. The Hall–Kier alpha value is -0.830. The van der Waals surface area contributed by atoms with Crippen LogP contribution in [0.1, 0.15) is 55.6 Å². The molecule has 0 aromatic carbocycles. The molecular weight excluding hydrogens is 174 g/mol. The topological polar surface area (TPSA) is 40.7 Å². The van der Waals surface area contributed by atoms with E-state index in [2.05, 4.69) is 36.3 Å². The third kappa shape index (κ3) is 1.57. The Morgan fingerprint density at radius 2 is 2.21 bits per heavy atom. The minimum absolute atomic E-state index is 0.509. The van der Waals surface area contributed by atoms with Crippen molar-refractivity contribution in [3.63, 3.8) is 0 Å². The van der Waals surface area contributed by atoms with Crippen molar-refractivity contribution < 1.29 is 0 Å². The summed E-state index contributed by atoms with van der Waals surface area (Å²) in [5, 5.41) is 11.1. The Balaban J connectivity index is 2.26. The molecule has 1 saturated heterocycles. The average molecular weight is 193 g/mol. The molecule has 2 rings (SSSR count). The van der Waals surface area contributed by atoms with Crippen LogP contribution < -0.4 is 5.32 Å². The van der Waals surface area contributed by atoms with Crippen LogP contribution in [0.2, 0.25) is 0 Å². The quantitative estimate of drug-likeness (QED) is 0.756. The zero-order valence-electron chi connectivity index (χ0n) is 9.22. The third-order valence-corrected chi connectivity index (χ3v) is 3.04. The first kappa shape index (κ1) is 9.71. The number of aromatic amines is 1. The zero-order valence-corrected chi connectivity index (χ0v) is 9.22. The molecule has 0 amide bonds. The van der Waals surface area contributed by atoms with Crippen molar-refractivity contribution in [3.8, 4) is 0 Å². The molecule has 0 radical (unpaired) electrons. The zero-order chi connectivity index (χ0) is 10.1. The second-order valence-corrected chi connectivity index (χ2v) is 4.45. The van der Waals surface area contributed by atoms with Gasteiger partial charge in [0.25, 0.3) is 0 Å². The summed E-state index contributed by atoms with van der Waals surface area (Å²) in [6.07, 6.45) is 2.51. The van der Waals surface area contributed by atoms with Gasteiger partial charge in [-0.25, -0.2) is 0 Å². The van der Waals surface area contributed by atoms with Crippen LogP contribution in [0.3, 0.4) is 0 Å². The Bertz CT molecular complexity index is 308. The SMILES string of the molecule is Cc1c(C(C)C)n[nH]c1C1CCCN1. The van der Waals surface area contributed by atoms with Crippen LogP contribution in [0.5, 0.6) is 0 Å². The second-order valence-electron chi connectivity index (χ2n) is 4.45. The van der Waals surface area contributed by atoms with Gasteiger partial charge in [-0.15, -0.1) is 0 Å². The highest BCUT2D eigenvalue weighted by molar-refractivity contribution is 5.28. The minimum atomic E-state index is 0.509. The Kier molecular flexibility index (Phi) is 2.59. The van der Waals surface area contributed by atoms with E-state index in [1.807, 2.05) is 0 Å². The van der Waals surface area contributed by atoms with Gasteiger partial charge in [-0.05, 0) is 37.8 Å². The van der Waals surface area contributed by atoms with Crippen LogP contribution in [-0.2, 0) is 0 Å². The minimum Gasteiger partial charge on any atom is -0.309 e. The molecule has 2 heterocycles. The summed E-state index contributed by atoms with van der Waals surface area (Å²) in [6.45, 7) is 7.69. The van der Waals surface area contributed by atoms with Crippen molar-refractivity contribution in [2.45, 2.75) is 45.6 Å². The Morgan fingerprint density at radius 3 is 2.71 bits per heavy atom. The first-order chi connectivity index (χ1) is 6.70. The van der Waals surface area contributed by atoms with Gasteiger partial charge < -0.3 is 5.32 Å². The number of rotatable bonds is 2. The predicted molar refractivity (Wildman–Crippen MR) is 57.4 cm³/mol. The van der Waals surface area contributed by atoms with Crippen molar-refractivity contribution in [2.75, 3.05) is 6.54 Å². The first-order valence-corrected chi connectivity index (χ1v) is 5.48. The van der Waals surface area contributed by atoms with Gasteiger partial charge in [0.1, 0.15) is 0 Å². The summed E-state index contributed by atoms with van der Waals surface area (Å²) >= 11 is 0. The van der Waals surface area contributed by atoms with E-state index < -0.39 is 0 Å². The molecule has 3 heteroatoms. The Morgan fingerprint density at radius 1 is 1.43 bits per heavy atom. The van der Waals surface area contributed by atoms with Gasteiger partial charge in [-0.3, -0.25) is 5.10 Å². The molecule has 78 valence electrons. The summed E-state index contributed by atoms with van der Waals surface area (Å²) in [4.78, 5) is 0. The third-order valence-electron chi connectivity index (χ3n) is 3.04. The molecule has 0 spiro atoms. The van der Waals surface area contributed by atoms with E-state index >= 15 is 0 Å². The molecule has 1 aliphatic rings. The molecule has 1 atom stereocenters. The summed E-state index contributed by atoms with van der Waals surface area (Å²) < 4.78 is 0. The van der Waals surface area contributed by atoms with Crippen molar-refractivity contribution >= 4 is 0 Å². The number of nitrogens with zero attached hydrogens (tertiary/aromatic N) is 1. The standard InChI is InChI=1S/C11H19N3/c1-7(2)10-8(3)11(14-13-10)9-5-4-6-12-9/h7,9,12H,4-6H2,1-3H3,(H,13,14). The van der Waals surface area contributed by atoms with E-state index in [1.54, 1.807) is 0 Å². The van der Waals surface area contributed by atoms with Crippen molar-refractivity contribution in [1.29, 1.82) is 0 Å². The van der Waals surface area contributed by atoms with Crippen LogP contribution >= 0.6 is 0 Å². The highest BCUT2D eigenvalue weighted by atomic mass is 15.1. The lowest BCUT2D eigenvalue weighted by Crippen LogP contribution is -2.14. The van der Waals surface area contributed by atoms with E-state index in [4.69, 9.17) is 0 Å².